The Morgan fingerprint density at radius 3 is 2.80 bits per heavy atom. The molecular weight excluding hydrogens is 280 g/mol. The van der Waals surface area contributed by atoms with Crippen molar-refractivity contribution in [1.82, 2.24) is 5.32 Å². The maximum atomic E-state index is 12.1. The van der Waals surface area contributed by atoms with Gasteiger partial charge in [-0.05, 0) is 37.6 Å². The molecule has 1 unspecified atom stereocenters. The SMILES string of the molecule is O=C(O)c1ccc(NC(=O)C2CCCCCN2)c(Cl)c1. The van der Waals surface area contributed by atoms with E-state index in [4.69, 9.17) is 16.7 Å². The molecule has 0 bridgehead atoms. The van der Waals surface area contributed by atoms with Crippen LogP contribution in [0.1, 0.15) is 36.0 Å². The zero-order valence-electron chi connectivity index (χ0n) is 11.0. The van der Waals surface area contributed by atoms with Gasteiger partial charge >= 0.3 is 5.97 Å². The van der Waals surface area contributed by atoms with Crippen molar-refractivity contribution in [3.63, 3.8) is 0 Å². The molecule has 1 aromatic rings. The summed E-state index contributed by atoms with van der Waals surface area (Å²) in [4.78, 5) is 23.0. The Kier molecular flexibility index (Phi) is 4.98. The highest BCUT2D eigenvalue weighted by Gasteiger charge is 2.20. The summed E-state index contributed by atoms with van der Waals surface area (Å²) in [5, 5.41) is 15.0. The third-order valence-electron chi connectivity index (χ3n) is 3.35. The van der Waals surface area contributed by atoms with Crippen LogP contribution in [0.25, 0.3) is 0 Å². The smallest absolute Gasteiger partial charge is 0.335 e. The van der Waals surface area contributed by atoms with Crippen molar-refractivity contribution in [3.8, 4) is 0 Å². The Hall–Kier alpha value is -1.59. The summed E-state index contributed by atoms with van der Waals surface area (Å²) < 4.78 is 0. The molecule has 1 atom stereocenters. The summed E-state index contributed by atoms with van der Waals surface area (Å²) in [6.07, 6.45) is 4.04. The maximum Gasteiger partial charge on any atom is 0.335 e. The van der Waals surface area contributed by atoms with Crippen molar-refractivity contribution < 1.29 is 14.7 Å². The Morgan fingerprint density at radius 2 is 2.10 bits per heavy atom. The predicted molar refractivity (Wildman–Crippen MR) is 77.3 cm³/mol. The first-order valence-corrected chi connectivity index (χ1v) is 7.03. The van der Waals surface area contributed by atoms with E-state index in [-0.39, 0.29) is 22.5 Å². The molecule has 0 saturated carbocycles. The number of carboxylic acid groups (broad SMARTS) is 1. The molecule has 1 aliphatic heterocycles. The minimum absolute atomic E-state index is 0.0978. The van der Waals surface area contributed by atoms with Crippen LogP contribution in [0, 0.1) is 0 Å². The summed E-state index contributed by atoms with van der Waals surface area (Å²) >= 11 is 5.99. The number of nitrogens with one attached hydrogen (secondary N) is 2. The van der Waals surface area contributed by atoms with Crippen LogP contribution in [0.2, 0.25) is 5.02 Å². The van der Waals surface area contributed by atoms with Crippen LogP contribution < -0.4 is 10.6 Å². The molecule has 1 aliphatic rings. The number of hydrogen-bond acceptors (Lipinski definition) is 3. The summed E-state index contributed by atoms with van der Waals surface area (Å²) in [6, 6.07) is 4.05. The normalized spacial score (nSPS) is 19.1. The van der Waals surface area contributed by atoms with Gasteiger partial charge in [-0.25, -0.2) is 4.79 Å². The van der Waals surface area contributed by atoms with Crippen LogP contribution in [0.15, 0.2) is 18.2 Å². The van der Waals surface area contributed by atoms with Gasteiger partial charge in [0.1, 0.15) is 0 Å². The van der Waals surface area contributed by atoms with Crippen molar-refractivity contribution in [1.29, 1.82) is 0 Å². The molecule has 0 aliphatic carbocycles. The van der Waals surface area contributed by atoms with E-state index < -0.39 is 5.97 Å². The van der Waals surface area contributed by atoms with E-state index in [0.717, 1.165) is 32.2 Å². The van der Waals surface area contributed by atoms with E-state index in [2.05, 4.69) is 10.6 Å². The quantitative estimate of drug-likeness (QED) is 0.801. The molecule has 108 valence electrons. The van der Waals surface area contributed by atoms with Crippen LogP contribution in [-0.4, -0.2) is 29.6 Å². The van der Waals surface area contributed by atoms with Crippen molar-refractivity contribution in [2.45, 2.75) is 31.7 Å². The van der Waals surface area contributed by atoms with E-state index >= 15 is 0 Å². The van der Waals surface area contributed by atoms with Gasteiger partial charge in [0.2, 0.25) is 5.91 Å². The average molecular weight is 297 g/mol. The number of hydrogen-bond donors (Lipinski definition) is 3. The standard InChI is InChI=1S/C14H17ClN2O3/c15-10-8-9(14(19)20)5-6-11(10)17-13(18)12-4-2-1-3-7-16-12/h5-6,8,12,16H,1-4,7H2,(H,17,18)(H,19,20). The number of carboxylic acids is 1. The lowest BCUT2D eigenvalue weighted by atomic mass is 10.1. The molecule has 5 nitrogen and oxygen atoms in total. The molecule has 0 spiro atoms. The minimum Gasteiger partial charge on any atom is -0.478 e. The highest BCUT2D eigenvalue weighted by atomic mass is 35.5. The Balaban J connectivity index is 2.05. The molecule has 3 N–H and O–H groups in total. The molecule has 6 heteroatoms. The topological polar surface area (TPSA) is 78.4 Å². The third-order valence-corrected chi connectivity index (χ3v) is 3.66. The van der Waals surface area contributed by atoms with Crippen LogP contribution in [0.4, 0.5) is 5.69 Å². The van der Waals surface area contributed by atoms with Gasteiger partial charge in [0.15, 0.2) is 0 Å². The van der Waals surface area contributed by atoms with Crippen molar-refractivity contribution >= 4 is 29.2 Å². The zero-order chi connectivity index (χ0) is 14.5. The van der Waals surface area contributed by atoms with Gasteiger partial charge < -0.3 is 15.7 Å². The second-order valence-electron chi connectivity index (χ2n) is 4.85. The van der Waals surface area contributed by atoms with Gasteiger partial charge in [0.05, 0.1) is 22.3 Å². The molecule has 1 saturated heterocycles. The fourth-order valence-electron chi connectivity index (χ4n) is 2.22. The average Bonchev–Trinajstić information content (AvgIpc) is 2.69. The fraction of sp³-hybridized carbons (Fsp3) is 0.429. The van der Waals surface area contributed by atoms with Gasteiger partial charge in [-0.1, -0.05) is 24.4 Å². The lowest BCUT2D eigenvalue weighted by Crippen LogP contribution is -2.39. The molecule has 1 aromatic carbocycles. The van der Waals surface area contributed by atoms with Gasteiger partial charge in [-0.15, -0.1) is 0 Å². The number of benzene rings is 1. The Labute approximate surface area is 122 Å². The summed E-state index contributed by atoms with van der Waals surface area (Å²) in [6.45, 7) is 0.837. The largest absolute Gasteiger partial charge is 0.478 e. The van der Waals surface area contributed by atoms with Crippen LogP contribution >= 0.6 is 11.6 Å². The monoisotopic (exact) mass is 296 g/mol. The Morgan fingerprint density at radius 1 is 1.30 bits per heavy atom. The first kappa shape index (κ1) is 14.8. The van der Waals surface area contributed by atoms with Gasteiger partial charge in [-0.3, -0.25) is 4.79 Å². The number of anilines is 1. The van der Waals surface area contributed by atoms with E-state index in [1.165, 1.54) is 18.2 Å². The van der Waals surface area contributed by atoms with E-state index in [1.807, 2.05) is 0 Å². The summed E-state index contributed by atoms with van der Waals surface area (Å²) in [5.74, 6) is -1.17. The number of halogens is 1. The summed E-state index contributed by atoms with van der Waals surface area (Å²) in [5.41, 5.74) is 0.535. The lowest BCUT2D eigenvalue weighted by molar-refractivity contribution is -0.118. The zero-order valence-corrected chi connectivity index (χ0v) is 11.7. The molecule has 1 heterocycles. The van der Waals surface area contributed by atoms with Gasteiger partial charge in [0.25, 0.3) is 0 Å². The molecule has 0 aromatic heterocycles. The summed E-state index contributed by atoms with van der Waals surface area (Å²) in [7, 11) is 0. The maximum absolute atomic E-state index is 12.1. The van der Waals surface area contributed by atoms with Crippen LogP contribution in [-0.2, 0) is 4.79 Å². The highest BCUT2D eigenvalue weighted by molar-refractivity contribution is 6.34. The number of amides is 1. The van der Waals surface area contributed by atoms with Crippen LogP contribution in [0.3, 0.4) is 0 Å². The minimum atomic E-state index is -1.05. The van der Waals surface area contributed by atoms with E-state index in [9.17, 15) is 9.59 Å². The number of carbonyl (C=O) groups is 2. The lowest BCUT2D eigenvalue weighted by Gasteiger charge is -2.16. The molecular formula is C14H17ClN2O3. The Bertz CT molecular complexity index is 511. The predicted octanol–water partition coefficient (Wildman–Crippen LogP) is 2.51. The third kappa shape index (κ3) is 3.71. The van der Waals surface area contributed by atoms with Crippen LogP contribution in [0.5, 0.6) is 0 Å². The molecule has 1 amide bonds. The van der Waals surface area contributed by atoms with Gasteiger partial charge in [0, 0.05) is 0 Å². The fourth-order valence-corrected chi connectivity index (χ4v) is 2.45. The number of rotatable bonds is 3. The first-order valence-electron chi connectivity index (χ1n) is 6.65. The van der Waals surface area contributed by atoms with Crippen molar-refractivity contribution in [2.24, 2.45) is 0 Å². The highest BCUT2D eigenvalue weighted by Crippen LogP contribution is 2.23. The second kappa shape index (κ2) is 6.72. The van der Waals surface area contributed by atoms with E-state index in [0.29, 0.717) is 5.69 Å². The van der Waals surface area contributed by atoms with Crippen molar-refractivity contribution in [3.05, 3.63) is 28.8 Å². The molecule has 0 radical (unpaired) electrons. The van der Waals surface area contributed by atoms with E-state index in [1.54, 1.807) is 0 Å². The number of aromatic carboxylic acids is 1. The molecule has 1 fully saturated rings. The van der Waals surface area contributed by atoms with Gasteiger partial charge in [-0.2, -0.15) is 0 Å². The molecule has 20 heavy (non-hydrogen) atoms. The first-order chi connectivity index (χ1) is 9.58. The molecule has 2 rings (SSSR count). The van der Waals surface area contributed by atoms with Crippen molar-refractivity contribution in [2.75, 3.05) is 11.9 Å². The number of carbonyl (C=O) groups excluding carboxylic acids is 1. The second-order valence-corrected chi connectivity index (χ2v) is 5.25.